The maximum atomic E-state index is 12.6. The highest BCUT2D eigenvalue weighted by molar-refractivity contribution is 5.90. The first kappa shape index (κ1) is 22.2. The van der Waals surface area contributed by atoms with Crippen LogP contribution in [0.1, 0.15) is 32.8 Å². The van der Waals surface area contributed by atoms with E-state index in [2.05, 4.69) is 17.2 Å². The summed E-state index contributed by atoms with van der Waals surface area (Å²) in [5, 5.41) is 4.96. The Morgan fingerprint density at radius 2 is 1.81 bits per heavy atom. The minimum atomic E-state index is -1.20. The molecule has 0 bridgehead atoms. The number of allylic oxidation sites excluding steroid dienone is 1. The smallest absolute Gasteiger partial charge is 0.408 e. The molecule has 0 unspecified atom stereocenters. The molecule has 2 N–H and O–H groups in total. The molecule has 1 aromatic rings. The lowest BCUT2D eigenvalue weighted by Gasteiger charge is -2.28. The number of nitrogens with one attached hydrogen (secondary N) is 2. The molecule has 0 radical (unpaired) electrons. The van der Waals surface area contributed by atoms with Crippen LogP contribution in [0.2, 0.25) is 0 Å². The Bertz CT molecular complexity index is 652. The van der Waals surface area contributed by atoms with E-state index >= 15 is 0 Å². The average molecular weight is 376 g/mol. The molecular formula is C20H28N2O5. The molecule has 2 amide bonds. The summed E-state index contributed by atoms with van der Waals surface area (Å²) in [7, 11) is 1.46. The van der Waals surface area contributed by atoms with Crippen LogP contribution in [0.25, 0.3) is 0 Å². The van der Waals surface area contributed by atoms with Gasteiger partial charge in [0.2, 0.25) is 5.91 Å². The number of rotatable bonds is 8. The SMILES string of the molecule is C=CC[C@H](C(=O)NC)[C@H](NC(=O)OCc1ccccc1)C(=O)OC(C)(C)C. The van der Waals surface area contributed by atoms with Gasteiger partial charge in [0.1, 0.15) is 18.2 Å². The van der Waals surface area contributed by atoms with Gasteiger partial charge in [-0.05, 0) is 32.8 Å². The Hall–Kier alpha value is -2.83. The lowest BCUT2D eigenvalue weighted by atomic mass is 9.94. The average Bonchev–Trinajstić information content (AvgIpc) is 2.61. The van der Waals surface area contributed by atoms with Crippen molar-refractivity contribution in [2.45, 2.75) is 45.4 Å². The van der Waals surface area contributed by atoms with Gasteiger partial charge < -0.3 is 20.1 Å². The zero-order chi connectivity index (χ0) is 20.4. The Kier molecular flexibility index (Phi) is 8.51. The number of hydrogen-bond donors (Lipinski definition) is 2. The van der Waals surface area contributed by atoms with E-state index in [0.717, 1.165) is 5.56 Å². The summed E-state index contributed by atoms with van der Waals surface area (Å²) in [5.41, 5.74) is 0.0299. The van der Waals surface area contributed by atoms with Crippen molar-refractivity contribution in [3.63, 3.8) is 0 Å². The molecule has 0 heterocycles. The lowest BCUT2D eigenvalue weighted by molar-refractivity contribution is -0.160. The molecule has 0 aromatic heterocycles. The minimum Gasteiger partial charge on any atom is -0.458 e. The Balaban J connectivity index is 2.91. The number of amides is 2. The molecule has 1 rings (SSSR count). The number of esters is 1. The molecule has 27 heavy (non-hydrogen) atoms. The lowest BCUT2D eigenvalue weighted by Crippen LogP contribution is -2.52. The predicted octanol–water partition coefficient (Wildman–Crippen LogP) is 2.56. The normalized spacial score (nSPS) is 13.0. The third-order valence-corrected chi connectivity index (χ3v) is 3.55. The fourth-order valence-corrected chi connectivity index (χ4v) is 2.34. The molecule has 0 aliphatic rings. The second-order valence-electron chi connectivity index (χ2n) is 6.96. The fraction of sp³-hybridized carbons (Fsp3) is 0.450. The second kappa shape index (κ2) is 10.4. The highest BCUT2D eigenvalue weighted by Gasteiger charge is 2.37. The van der Waals surface area contributed by atoms with E-state index in [1.54, 1.807) is 20.8 Å². The largest absolute Gasteiger partial charge is 0.458 e. The molecule has 2 atom stereocenters. The van der Waals surface area contributed by atoms with Crippen LogP contribution in [-0.4, -0.2) is 36.7 Å². The van der Waals surface area contributed by atoms with E-state index in [-0.39, 0.29) is 13.0 Å². The van der Waals surface area contributed by atoms with Crippen molar-refractivity contribution in [2.75, 3.05) is 7.05 Å². The number of alkyl carbamates (subject to hydrolysis) is 1. The van der Waals surface area contributed by atoms with Gasteiger partial charge in [0.05, 0.1) is 5.92 Å². The maximum absolute atomic E-state index is 12.6. The van der Waals surface area contributed by atoms with Gasteiger partial charge in [0.25, 0.3) is 0 Å². The van der Waals surface area contributed by atoms with Crippen LogP contribution in [0.5, 0.6) is 0 Å². The van der Waals surface area contributed by atoms with Crippen LogP contribution in [0, 0.1) is 5.92 Å². The Labute approximate surface area is 160 Å². The molecule has 0 aliphatic heterocycles. The van der Waals surface area contributed by atoms with Crippen molar-refractivity contribution in [2.24, 2.45) is 5.92 Å². The summed E-state index contributed by atoms with van der Waals surface area (Å²) in [5.74, 6) is -1.99. The van der Waals surface area contributed by atoms with Crippen molar-refractivity contribution in [1.82, 2.24) is 10.6 Å². The molecule has 7 nitrogen and oxygen atoms in total. The second-order valence-corrected chi connectivity index (χ2v) is 6.96. The Morgan fingerprint density at radius 1 is 1.19 bits per heavy atom. The summed E-state index contributed by atoms with van der Waals surface area (Å²) >= 11 is 0. The first-order chi connectivity index (χ1) is 12.7. The van der Waals surface area contributed by atoms with Gasteiger partial charge in [-0.15, -0.1) is 6.58 Å². The minimum absolute atomic E-state index is 0.0415. The summed E-state index contributed by atoms with van der Waals surface area (Å²) in [6.07, 6.45) is 0.879. The standard InChI is InChI=1S/C20H28N2O5/c1-6-10-15(17(23)21-5)16(18(24)27-20(2,3)4)22-19(25)26-13-14-11-8-7-9-12-14/h6-9,11-12,15-16H,1,10,13H2,2-5H3,(H,21,23)(H,22,25)/t15-,16-/m0/s1. The first-order valence-electron chi connectivity index (χ1n) is 8.70. The van der Waals surface area contributed by atoms with Crippen LogP contribution < -0.4 is 10.6 Å². The van der Waals surface area contributed by atoms with Gasteiger partial charge in [-0.2, -0.15) is 0 Å². The number of carbonyl (C=O) groups excluding carboxylic acids is 3. The summed E-state index contributed by atoms with van der Waals surface area (Å²) in [6.45, 7) is 8.77. The van der Waals surface area contributed by atoms with E-state index in [1.165, 1.54) is 13.1 Å². The van der Waals surface area contributed by atoms with Crippen LogP contribution in [0.15, 0.2) is 43.0 Å². The molecule has 0 saturated carbocycles. The number of ether oxygens (including phenoxy) is 2. The highest BCUT2D eigenvalue weighted by Crippen LogP contribution is 2.17. The van der Waals surface area contributed by atoms with Crippen molar-refractivity contribution >= 4 is 18.0 Å². The molecular weight excluding hydrogens is 348 g/mol. The van der Waals surface area contributed by atoms with Crippen LogP contribution >= 0.6 is 0 Å². The van der Waals surface area contributed by atoms with Gasteiger partial charge in [-0.3, -0.25) is 4.79 Å². The summed E-state index contributed by atoms with van der Waals surface area (Å²) < 4.78 is 10.5. The van der Waals surface area contributed by atoms with Crippen LogP contribution in [0.3, 0.4) is 0 Å². The first-order valence-corrected chi connectivity index (χ1v) is 8.70. The Morgan fingerprint density at radius 3 is 2.33 bits per heavy atom. The highest BCUT2D eigenvalue weighted by atomic mass is 16.6. The topological polar surface area (TPSA) is 93.7 Å². The van der Waals surface area contributed by atoms with Crippen molar-refractivity contribution in [3.8, 4) is 0 Å². The van der Waals surface area contributed by atoms with Gasteiger partial charge in [0, 0.05) is 7.05 Å². The van der Waals surface area contributed by atoms with Crippen LogP contribution in [-0.2, 0) is 25.7 Å². The van der Waals surface area contributed by atoms with E-state index in [1.807, 2.05) is 30.3 Å². The molecule has 0 saturated heterocycles. The number of benzene rings is 1. The molecule has 7 heteroatoms. The molecule has 1 aromatic carbocycles. The van der Waals surface area contributed by atoms with Crippen molar-refractivity contribution < 1.29 is 23.9 Å². The van der Waals surface area contributed by atoms with Gasteiger partial charge in [-0.25, -0.2) is 9.59 Å². The van der Waals surface area contributed by atoms with E-state index in [0.29, 0.717) is 0 Å². The summed E-state index contributed by atoms with van der Waals surface area (Å²) in [4.78, 5) is 37.0. The quantitative estimate of drug-likeness (QED) is 0.537. The van der Waals surface area contributed by atoms with E-state index < -0.39 is 35.5 Å². The third kappa shape index (κ3) is 7.94. The van der Waals surface area contributed by atoms with Crippen molar-refractivity contribution in [1.29, 1.82) is 0 Å². The molecule has 0 spiro atoms. The molecule has 148 valence electrons. The maximum Gasteiger partial charge on any atom is 0.408 e. The van der Waals surface area contributed by atoms with Gasteiger partial charge in [0.15, 0.2) is 0 Å². The number of carbonyl (C=O) groups is 3. The van der Waals surface area contributed by atoms with Crippen LogP contribution in [0.4, 0.5) is 4.79 Å². The van der Waals surface area contributed by atoms with Gasteiger partial charge >= 0.3 is 12.1 Å². The monoisotopic (exact) mass is 376 g/mol. The zero-order valence-corrected chi connectivity index (χ0v) is 16.3. The third-order valence-electron chi connectivity index (χ3n) is 3.55. The summed E-state index contributed by atoms with van der Waals surface area (Å²) in [6, 6.07) is 7.92. The van der Waals surface area contributed by atoms with E-state index in [9.17, 15) is 14.4 Å². The zero-order valence-electron chi connectivity index (χ0n) is 16.3. The molecule has 0 aliphatic carbocycles. The predicted molar refractivity (Wildman–Crippen MR) is 102 cm³/mol. The molecule has 0 fully saturated rings. The van der Waals surface area contributed by atoms with Crippen molar-refractivity contribution in [3.05, 3.63) is 48.6 Å². The van der Waals surface area contributed by atoms with Gasteiger partial charge in [-0.1, -0.05) is 36.4 Å². The number of hydrogen-bond acceptors (Lipinski definition) is 5. The van der Waals surface area contributed by atoms with E-state index in [4.69, 9.17) is 9.47 Å². The fourth-order valence-electron chi connectivity index (χ4n) is 2.34.